The highest BCUT2D eigenvalue weighted by Crippen LogP contribution is 2.21. The van der Waals surface area contributed by atoms with Gasteiger partial charge in [-0.2, -0.15) is 0 Å². The van der Waals surface area contributed by atoms with E-state index in [0.717, 1.165) is 32.7 Å². The molecule has 1 aliphatic heterocycles. The second-order valence-electron chi connectivity index (χ2n) is 6.38. The molecule has 7 heteroatoms. The minimum absolute atomic E-state index is 0.0744. The van der Waals surface area contributed by atoms with Gasteiger partial charge in [-0.05, 0) is 30.3 Å². The lowest BCUT2D eigenvalue weighted by Crippen LogP contribution is -2.48. The molecule has 0 bridgehead atoms. The Morgan fingerprint density at radius 2 is 1.85 bits per heavy atom. The molecule has 2 aromatic rings. The molecule has 0 spiro atoms. The fraction of sp³-hybridized carbons (Fsp3) is 0.350. The second kappa shape index (κ2) is 9.71. The van der Waals surface area contributed by atoms with Gasteiger partial charge in [0.25, 0.3) is 5.91 Å². The molecule has 1 saturated heterocycles. The molecule has 1 fully saturated rings. The first-order valence-corrected chi connectivity index (χ1v) is 9.78. The van der Waals surface area contributed by atoms with Gasteiger partial charge < -0.3 is 15.0 Å². The van der Waals surface area contributed by atoms with Gasteiger partial charge in [-0.25, -0.2) is 4.39 Å². The predicted molar refractivity (Wildman–Crippen MR) is 108 cm³/mol. The van der Waals surface area contributed by atoms with Crippen LogP contribution in [0.3, 0.4) is 0 Å². The number of hydrogen-bond acceptors (Lipinski definition) is 4. The van der Waals surface area contributed by atoms with Gasteiger partial charge in [-0.3, -0.25) is 9.69 Å². The summed E-state index contributed by atoms with van der Waals surface area (Å²) in [5, 5.41) is 2.82. The van der Waals surface area contributed by atoms with Gasteiger partial charge in [-0.1, -0.05) is 34.1 Å². The maximum atomic E-state index is 13.7. The summed E-state index contributed by atoms with van der Waals surface area (Å²) in [6.07, 6.45) is 0. The molecule has 2 aromatic carbocycles. The van der Waals surface area contributed by atoms with E-state index in [-0.39, 0.29) is 18.3 Å². The van der Waals surface area contributed by atoms with Gasteiger partial charge in [0.15, 0.2) is 18.2 Å². The maximum Gasteiger partial charge on any atom is 0.257 e. The third-order valence-corrected chi connectivity index (χ3v) is 4.99. The van der Waals surface area contributed by atoms with Crippen molar-refractivity contribution >= 4 is 27.5 Å². The van der Waals surface area contributed by atoms with Crippen LogP contribution in [0.5, 0.6) is 5.75 Å². The van der Waals surface area contributed by atoms with Crippen molar-refractivity contribution in [2.24, 2.45) is 0 Å². The molecule has 0 saturated carbocycles. The van der Waals surface area contributed by atoms with Crippen molar-refractivity contribution in [3.05, 3.63) is 58.8 Å². The van der Waals surface area contributed by atoms with Crippen molar-refractivity contribution in [2.75, 3.05) is 50.8 Å². The predicted octanol–water partition coefficient (Wildman–Crippen LogP) is 2.91. The zero-order valence-corrected chi connectivity index (χ0v) is 16.6. The number of benzene rings is 2. The number of halogens is 2. The van der Waals surface area contributed by atoms with Crippen LogP contribution >= 0.6 is 15.9 Å². The highest BCUT2D eigenvalue weighted by Gasteiger charge is 2.16. The van der Waals surface area contributed by atoms with E-state index in [1.165, 1.54) is 17.8 Å². The van der Waals surface area contributed by atoms with Crippen LogP contribution in [0.2, 0.25) is 0 Å². The molecular weight excluding hydrogens is 413 g/mol. The summed E-state index contributed by atoms with van der Waals surface area (Å²) in [4.78, 5) is 16.6. The third kappa shape index (κ3) is 5.94. The topological polar surface area (TPSA) is 44.8 Å². The summed E-state index contributed by atoms with van der Waals surface area (Å²) in [6, 6.07) is 14.9. The van der Waals surface area contributed by atoms with E-state index in [9.17, 15) is 9.18 Å². The Morgan fingerprint density at radius 1 is 1.11 bits per heavy atom. The largest absolute Gasteiger partial charge is 0.481 e. The lowest BCUT2D eigenvalue weighted by atomic mass is 10.2. The van der Waals surface area contributed by atoms with E-state index in [2.05, 4.69) is 55.3 Å². The lowest BCUT2D eigenvalue weighted by molar-refractivity contribution is -0.123. The summed E-state index contributed by atoms with van der Waals surface area (Å²) in [5.74, 6) is -0.668. The summed E-state index contributed by atoms with van der Waals surface area (Å²) in [6.45, 7) is 5.03. The number of carbonyl (C=O) groups excluding carboxylic acids is 1. The molecule has 0 aromatic heterocycles. The zero-order valence-electron chi connectivity index (χ0n) is 15.0. The SMILES string of the molecule is O=C(COc1ccc(Br)cc1F)NCCN1CCN(c2ccccc2)CC1. The van der Waals surface area contributed by atoms with E-state index in [1.807, 2.05) is 6.07 Å². The van der Waals surface area contributed by atoms with Gasteiger partial charge in [0.1, 0.15) is 0 Å². The molecule has 3 rings (SSSR count). The van der Waals surface area contributed by atoms with Crippen LogP contribution in [0.25, 0.3) is 0 Å². The summed E-state index contributed by atoms with van der Waals surface area (Å²) in [5.41, 5.74) is 1.25. The Balaban J connectivity index is 1.32. The number of hydrogen-bond donors (Lipinski definition) is 1. The molecule has 0 atom stereocenters. The highest BCUT2D eigenvalue weighted by molar-refractivity contribution is 9.10. The van der Waals surface area contributed by atoms with E-state index in [0.29, 0.717) is 11.0 Å². The standard InChI is InChI=1S/C20H23BrFN3O2/c21-16-6-7-19(18(22)14-16)27-15-20(26)23-8-9-24-10-12-25(13-11-24)17-4-2-1-3-5-17/h1-7,14H,8-13,15H2,(H,23,26). The molecule has 5 nitrogen and oxygen atoms in total. The summed E-state index contributed by atoms with van der Waals surface area (Å²) >= 11 is 3.18. The second-order valence-corrected chi connectivity index (χ2v) is 7.29. The van der Waals surface area contributed by atoms with Crippen molar-refractivity contribution in [3.8, 4) is 5.75 Å². The molecule has 1 N–H and O–H groups in total. The van der Waals surface area contributed by atoms with Crippen molar-refractivity contribution in [1.82, 2.24) is 10.2 Å². The molecule has 0 unspecified atom stereocenters. The van der Waals surface area contributed by atoms with E-state index >= 15 is 0 Å². The van der Waals surface area contributed by atoms with Gasteiger partial charge in [0.05, 0.1) is 0 Å². The van der Waals surface area contributed by atoms with Gasteiger partial charge in [0.2, 0.25) is 0 Å². The number of anilines is 1. The van der Waals surface area contributed by atoms with Gasteiger partial charge in [0, 0.05) is 49.4 Å². The zero-order chi connectivity index (χ0) is 19.1. The Bertz CT molecular complexity index is 752. The Kier molecular flexibility index (Phi) is 7.06. The van der Waals surface area contributed by atoms with Gasteiger partial charge >= 0.3 is 0 Å². The van der Waals surface area contributed by atoms with Crippen molar-refractivity contribution < 1.29 is 13.9 Å². The average molecular weight is 436 g/mol. The minimum atomic E-state index is -0.492. The van der Waals surface area contributed by atoms with E-state index in [4.69, 9.17) is 4.74 Å². The Hall–Kier alpha value is -2.12. The first kappa shape index (κ1) is 19.6. The van der Waals surface area contributed by atoms with Crippen LogP contribution < -0.4 is 15.0 Å². The van der Waals surface area contributed by atoms with Crippen LogP contribution in [0.4, 0.5) is 10.1 Å². The fourth-order valence-corrected chi connectivity index (χ4v) is 3.34. The van der Waals surface area contributed by atoms with Crippen molar-refractivity contribution in [1.29, 1.82) is 0 Å². The van der Waals surface area contributed by atoms with Crippen LogP contribution in [-0.2, 0) is 4.79 Å². The average Bonchev–Trinajstić information content (AvgIpc) is 2.68. The number of carbonyl (C=O) groups is 1. The van der Waals surface area contributed by atoms with Crippen molar-refractivity contribution in [3.63, 3.8) is 0 Å². The highest BCUT2D eigenvalue weighted by atomic mass is 79.9. The van der Waals surface area contributed by atoms with Gasteiger partial charge in [-0.15, -0.1) is 0 Å². The van der Waals surface area contributed by atoms with E-state index < -0.39 is 5.82 Å². The van der Waals surface area contributed by atoms with Crippen LogP contribution in [0.15, 0.2) is 53.0 Å². The molecule has 0 aliphatic carbocycles. The number of para-hydroxylation sites is 1. The first-order valence-electron chi connectivity index (χ1n) is 8.99. The minimum Gasteiger partial charge on any atom is -0.481 e. The number of amides is 1. The smallest absolute Gasteiger partial charge is 0.257 e. The van der Waals surface area contributed by atoms with Crippen LogP contribution in [-0.4, -0.2) is 56.7 Å². The Morgan fingerprint density at radius 3 is 2.56 bits per heavy atom. The number of ether oxygens (including phenoxy) is 1. The molecule has 1 amide bonds. The Labute approximate surface area is 167 Å². The first-order chi connectivity index (χ1) is 13.1. The van der Waals surface area contributed by atoms with Crippen LogP contribution in [0.1, 0.15) is 0 Å². The summed E-state index contributed by atoms with van der Waals surface area (Å²) in [7, 11) is 0. The fourth-order valence-electron chi connectivity index (χ4n) is 3.01. The monoisotopic (exact) mass is 435 g/mol. The normalized spacial score (nSPS) is 14.8. The molecule has 27 heavy (non-hydrogen) atoms. The van der Waals surface area contributed by atoms with Crippen LogP contribution in [0, 0.1) is 5.82 Å². The quantitative estimate of drug-likeness (QED) is 0.725. The lowest BCUT2D eigenvalue weighted by Gasteiger charge is -2.36. The van der Waals surface area contributed by atoms with E-state index in [1.54, 1.807) is 6.07 Å². The summed E-state index contributed by atoms with van der Waals surface area (Å²) < 4.78 is 19.5. The number of rotatable bonds is 7. The molecule has 1 aliphatic rings. The molecule has 0 radical (unpaired) electrons. The molecule has 144 valence electrons. The molecule has 1 heterocycles. The maximum absolute atomic E-state index is 13.7. The number of piperazine rings is 1. The van der Waals surface area contributed by atoms with Crippen molar-refractivity contribution in [2.45, 2.75) is 0 Å². The number of nitrogens with one attached hydrogen (secondary N) is 1. The number of nitrogens with zero attached hydrogens (tertiary/aromatic N) is 2. The molecular formula is C20H23BrFN3O2. The third-order valence-electron chi connectivity index (χ3n) is 4.50.